The average molecular weight is 429 g/mol. The first-order chi connectivity index (χ1) is 14.7. The molecule has 0 spiro atoms. The van der Waals surface area contributed by atoms with Gasteiger partial charge in [-0.25, -0.2) is 9.59 Å². The van der Waals surface area contributed by atoms with E-state index in [9.17, 15) is 22.8 Å². The van der Waals surface area contributed by atoms with Crippen LogP contribution in [0.4, 0.5) is 23.7 Å². The zero-order valence-electron chi connectivity index (χ0n) is 16.7. The summed E-state index contributed by atoms with van der Waals surface area (Å²) < 4.78 is 44.6. The zero-order valence-corrected chi connectivity index (χ0v) is 16.7. The van der Waals surface area contributed by atoms with Crippen molar-refractivity contribution in [2.45, 2.75) is 26.1 Å². The molecule has 0 aliphatic carbocycles. The van der Waals surface area contributed by atoms with Crippen LogP contribution < -0.4 is 10.2 Å². The normalized spacial score (nSPS) is 16.6. The molecule has 1 aliphatic rings. The van der Waals surface area contributed by atoms with Crippen LogP contribution in [0.2, 0.25) is 0 Å². The predicted molar refractivity (Wildman–Crippen MR) is 106 cm³/mol. The van der Waals surface area contributed by atoms with Crippen molar-refractivity contribution in [3.05, 3.63) is 76.5 Å². The summed E-state index contributed by atoms with van der Waals surface area (Å²) in [5.41, 5.74) is 0.204. The molecular formula is C22H18F3N3O3. The van der Waals surface area contributed by atoms with Gasteiger partial charge in [0.15, 0.2) is 0 Å². The van der Waals surface area contributed by atoms with Crippen LogP contribution in [0.5, 0.6) is 0 Å². The minimum atomic E-state index is -4.59. The Balaban J connectivity index is 2.13. The third kappa shape index (κ3) is 4.38. The van der Waals surface area contributed by atoms with Gasteiger partial charge in [-0.05, 0) is 49.7 Å². The van der Waals surface area contributed by atoms with Crippen LogP contribution >= 0.6 is 0 Å². The topological polar surface area (TPSA) is 82.4 Å². The highest BCUT2D eigenvalue weighted by Gasteiger charge is 2.38. The first-order valence-corrected chi connectivity index (χ1v) is 9.33. The van der Waals surface area contributed by atoms with E-state index < -0.39 is 29.8 Å². The zero-order chi connectivity index (χ0) is 22.8. The highest BCUT2D eigenvalue weighted by Crippen LogP contribution is 2.37. The van der Waals surface area contributed by atoms with Gasteiger partial charge >= 0.3 is 18.2 Å². The van der Waals surface area contributed by atoms with Gasteiger partial charge in [0.1, 0.15) is 0 Å². The number of carbonyl (C=O) groups excluding carboxylic acids is 2. The van der Waals surface area contributed by atoms with Gasteiger partial charge in [0.25, 0.3) is 0 Å². The number of nitrogens with zero attached hydrogens (tertiary/aromatic N) is 2. The molecule has 0 saturated carbocycles. The summed E-state index contributed by atoms with van der Waals surface area (Å²) >= 11 is 0. The minimum Gasteiger partial charge on any atom is -0.463 e. The first kappa shape index (κ1) is 21.9. The molecule has 0 fully saturated rings. The highest BCUT2D eigenvalue weighted by atomic mass is 19.4. The van der Waals surface area contributed by atoms with Crippen molar-refractivity contribution in [2.24, 2.45) is 0 Å². The lowest BCUT2D eigenvalue weighted by atomic mass is 9.94. The van der Waals surface area contributed by atoms with Crippen molar-refractivity contribution >= 4 is 17.7 Å². The number of nitriles is 1. The molecular weight excluding hydrogens is 411 g/mol. The second-order valence-corrected chi connectivity index (χ2v) is 6.72. The molecule has 2 aromatic carbocycles. The van der Waals surface area contributed by atoms with Crippen LogP contribution in [0.15, 0.2) is 59.8 Å². The number of halogens is 3. The van der Waals surface area contributed by atoms with Crippen LogP contribution in [0.25, 0.3) is 0 Å². The van der Waals surface area contributed by atoms with Crippen molar-refractivity contribution in [2.75, 3.05) is 11.5 Å². The molecule has 9 heteroatoms. The third-order valence-corrected chi connectivity index (χ3v) is 4.78. The van der Waals surface area contributed by atoms with E-state index in [1.54, 1.807) is 31.2 Å². The lowest BCUT2D eigenvalue weighted by molar-refractivity contribution is -0.139. The lowest BCUT2D eigenvalue weighted by Gasteiger charge is -2.35. The first-order valence-electron chi connectivity index (χ1n) is 9.33. The van der Waals surface area contributed by atoms with Gasteiger partial charge in [-0.2, -0.15) is 18.4 Å². The van der Waals surface area contributed by atoms with Gasteiger partial charge in [0, 0.05) is 5.70 Å². The molecule has 3 rings (SSSR count). The number of hydrogen-bond donors (Lipinski definition) is 1. The minimum absolute atomic E-state index is 0.0371. The Kier molecular flexibility index (Phi) is 6.02. The number of carbonyl (C=O) groups is 2. The molecule has 0 saturated heterocycles. The monoisotopic (exact) mass is 429 g/mol. The molecule has 0 radical (unpaired) electrons. The van der Waals surface area contributed by atoms with E-state index >= 15 is 0 Å². The van der Waals surface area contributed by atoms with Crippen molar-refractivity contribution < 1.29 is 27.5 Å². The molecule has 160 valence electrons. The molecule has 2 aromatic rings. The molecule has 1 unspecified atom stereocenters. The standard InChI is InChI=1S/C22H18F3N3O3/c1-3-31-20(29)18-13(2)28(17-6-4-5-16(11-17)22(23,24)25)21(30)27-19(18)15-9-7-14(12-26)8-10-15/h4-11,19H,3H2,1-2H3,(H,27,30). The number of alkyl halides is 3. The van der Waals surface area contributed by atoms with Crippen molar-refractivity contribution in [1.29, 1.82) is 5.26 Å². The smallest absolute Gasteiger partial charge is 0.416 e. The molecule has 1 aliphatic heterocycles. The molecule has 2 amide bonds. The molecule has 1 atom stereocenters. The van der Waals surface area contributed by atoms with Crippen molar-refractivity contribution in [3.8, 4) is 6.07 Å². The Morgan fingerprint density at radius 3 is 2.48 bits per heavy atom. The van der Waals surface area contributed by atoms with Crippen molar-refractivity contribution in [3.63, 3.8) is 0 Å². The average Bonchev–Trinajstić information content (AvgIpc) is 2.73. The largest absolute Gasteiger partial charge is 0.463 e. The number of urea groups is 1. The van der Waals surface area contributed by atoms with Gasteiger partial charge in [-0.15, -0.1) is 0 Å². The number of hydrogen-bond acceptors (Lipinski definition) is 4. The molecule has 31 heavy (non-hydrogen) atoms. The maximum Gasteiger partial charge on any atom is 0.416 e. The molecule has 1 N–H and O–H groups in total. The summed E-state index contributed by atoms with van der Waals surface area (Å²) in [4.78, 5) is 26.6. The van der Waals surface area contributed by atoms with Gasteiger partial charge in [-0.1, -0.05) is 18.2 Å². The van der Waals surface area contributed by atoms with Crippen LogP contribution in [-0.2, 0) is 15.7 Å². The Morgan fingerprint density at radius 2 is 1.90 bits per heavy atom. The number of amides is 2. The number of benzene rings is 2. The van der Waals surface area contributed by atoms with E-state index in [1.807, 2.05) is 6.07 Å². The maximum atomic E-state index is 13.2. The maximum absolute atomic E-state index is 13.2. The second-order valence-electron chi connectivity index (χ2n) is 6.72. The second kappa shape index (κ2) is 8.52. The summed E-state index contributed by atoms with van der Waals surface area (Å²) in [5, 5.41) is 11.6. The number of esters is 1. The Hall–Kier alpha value is -3.80. The summed E-state index contributed by atoms with van der Waals surface area (Å²) in [6, 6.07) is 10.9. The molecule has 1 heterocycles. The fourth-order valence-corrected chi connectivity index (χ4v) is 3.35. The Bertz CT molecular complexity index is 1090. The SMILES string of the molecule is CCOC(=O)C1=C(C)N(c2cccc(C(F)(F)F)c2)C(=O)NC1c1ccc(C#N)cc1. The van der Waals surface area contributed by atoms with E-state index in [4.69, 9.17) is 10.00 Å². The van der Waals surface area contributed by atoms with Crippen LogP contribution in [0.3, 0.4) is 0 Å². The van der Waals surface area contributed by atoms with Gasteiger partial charge in [-0.3, -0.25) is 4.90 Å². The fourth-order valence-electron chi connectivity index (χ4n) is 3.35. The predicted octanol–water partition coefficient (Wildman–Crippen LogP) is 4.69. The van der Waals surface area contributed by atoms with E-state index in [1.165, 1.54) is 19.1 Å². The third-order valence-electron chi connectivity index (χ3n) is 4.78. The van der Waals surface area contributed by atoms with Gasteiger partial charge < -0.3 is 10.1 Å². The van der Waals surface area contributed by atoms with Crippen LogP contribution in [0.1, 0.15) is 36.6 Å². The van der Waals surface area contributed by atoms with Crippen LogP contribution in [-0.4, -0.2) is 18.6 Å². The molecule has 6 nitrogen and oxygen atoms in total. The summed E-state index contributed by atoms with van der Waals surface area (Å²) in [6.45, 7) is 3.17. The van der Waals surface area contributed by atoms with Crippen LogP contribution in [0, 0.1) is 11.3 Å². The highest BCUT2D eigenvalue weighted by molar-refractivity contribution is 6.03. The number of rotatable bonds is 4. The van der Waals surface area contributed by atoms with E-state index in [-0.39, 0.29) is 23.6 Å². The number of nitrogens with one attached hydrogen (secondary N) is 1. The molecule has 0 bridgehead atoms. The summed E-state index contributed by atoms with van der Waals surface area (Å²) in [7, 11) is 0. The van der Waals surface area contributed by atoms with E-state index in [2.05, 4.69) is 5.32 Å². The Morgan fingerprint density at radius 1 is 1.23 bits per heavy atom. The number of anilines is 1. The van der Waals surface area contributed by atoms with E-state index in [0.717, 1.165) is 17.0 Å². The summed E-state index contributed by atoms with van der Waals surface area (Å²) in [6.07, 6.45) is -4.59. The molecule has 0 aromatic heterocycles. The fraction of sp³-hybridized carbons (Fsp3) is 0.227. The number of ether oxygens (including phenoxy) is 1. The summed E-state index contributed by atoms with van der Waals surface area (Å²) in [5.74, 6) is -0.702. The number of allylic oxidation sites excluding steroid dienone is 1. The van der Waals surface area contributed by atoms with Gasteiger partial charge in [0.2, 0.25) is 0 Å². The quantitative estimate of drug-likeness (QED) is 0.715. The van der Waals surface area contributed by atoms with E-state index in [0.29, 0.717) is 11.1 Å². The van der Waals surface area contributed by atoms with Crippen molar-refractivity contribution in [1.82, 2.24) is 5.32 Å². The Labute approximate surface area is 176 Å². The lowest BCUT2D eigenvalue weighted by Crippen LogP contribution is -2.48. The van der Waals surface area contributed by atoms with Gasteiger partial charge in [0.05, 0.1) is 41.1 Å².